The number of amides is 1. The van der Waals surface area contributed by atoms with Crippen LogP contribution in [0.1, 0.15) is 57.4 Å². The summed E-state index contributed by atoms with van der Waals surface area (Å²) >= 11 is 0. The van der Waals surface area contributed by atoms with Crippen LogP contribution in [-0.2, 0) is 17.6 Å². The van der Waals surface area contributed by atoms with Crippen molar-refractivity contribution in [1.82, 2.24) is 9.38 Å². The second kappa shape index (κ2) is 8.81. The van der Waals surface area contributed by atoms with Crippen molar-refractivity contribution in [3.8, 4) is 0 Å². The van der Waals surface area contributed by atoms with Crippen molar-refractivity contribution in [2.75, 3.05) is 5.32 Å². The van der Waals surface area contributed by atoms with Crippen LogP contribution in [0.3, 0.4) is 0 Å². The fourth-order valence-electron chi connectivity index (χ4n) is 4.03. The normalized spacial score (nSPS) is 12.9. The van der Waals surface area contributed by atoms with Gasteiger partial charge in [0.05, 0.1) is 5.69 Å². The predicted octanol–water partition coefficient (Wildman–Crippen LogP) is 5.83. The van der Waals surface area contributed by atoms with E-state index in [1.807, 2.05) is 22.7 Å². The van der Waals surface area contributed by atoms with E-state index in [0.717, 1.165) is 42.0 Å². The summed E-state index contributed by atoms with van der Waals surface area (Å²) < 4.78 is 2.00. The first-order chi connectivity index (χ1) is 13.7. The highest BCUT2D eigenvalue weighted by Crippen LogP contribution is 2.27. The Hall–Kier alpha value is -2.62. The van der Waals surface area contributed by atoms with Gasteiger partial charge in [-0.15, -0.1) is 0 Å². The topological polar surface area (TPSA) is 46.4 Å². The third-order valence-corrected chi connectivity index (χ3v) is 5.10. The zero-order valence-electron chi connectivity index (χ0n) is 18.3. The number of hydrogen-bond donors (Lipinski definition) is 1. The van der Waals surface area contributed by atoms with E-state index in [1.54, 1.807) is 0 Å². The maximum absolute atomic E-state index is 12.8. The van der Waals surface area contributed by atoms with Crippen LogP contribution in [0.4, 0.5) is 5.82 Å². The summed E-state index contributed by atoms with van der Waals surface area (Å²) in [4.78, 5) is 17.6. The van der Waals surface area contributed by atoms with Crippen molar-refractivity contribution in [2.45, 2.75) is 60.3 Å². The molecule has 2 heterocycles. The Kier molecular flexibility index (Phi) is 6.41. The van der Waals surface area contributed by atoms with Crippen LogP contribution in [0.5, 0.6) is 0 Å². The van der Waals surface area contributed by atoms with Crippen LogP contribution in [0, 0.1) is 18.3 Å². The average Bonchev–Trinajstić information content (AvgIpc) is 2.95. The number of imidazole rings is 1. The lowest BCUT2D eigenvalue weighted by Crippen LogP contribution is -2.20. The minimum atomic E-state index is 0.0603. The third kappa shape index (κ3) is 5.93. The quantitative estimate of drug-likeness (QED) is 0.551. The van der Waals surface area contributed by atoms with Gasteiger partial charge in [-0.05, 0) is 60.8 Å². The van der Waals surface area contributed by atoms with Gasteiger partial charge in [0, 0.05) is 12.6 Å². The van der Waals surface area contributed by atoms with Gasteiger partial charge in [-0.3, -0.25) is 9.20 Å². The van der Waals surface area contributed by atoms with Gasteiger partial charge in [-0.25, -0.2) is 4.98 Å². The predicted molar refractivity (Wildman–Crippen MR) is 120 cm³/mol. The number of aryl methyl sites for hydroxylation is 3. The zero-order valence-corrected chi connectivity index (χ0v) is 18.3. The number of hydrogen-bond acceptors (Lipinski definition) is 2. The van der Waals surface area contributed by atoms with Crippen molar-refractivity contribution in [2.24, 2.45) is 11.3 Å². The number of pyridine rings is 1. The SMILES string of the molecule is Cc1ccn2c(NC(=O)CC(C)CC(C)(C)C)c(CCc3ccccc3)nc2c1. The Morgan fingerprint density at radius 3 is 2.55 bits per heavy atom. The van der Waals surface area contributed by atoms with Crippen molar-refractivity contribution >= 4 is 17.4 Å². The molecule has 0 fully saturated rings. The summed E-state index contributed by atoms with van der Waals surface area (Å²) in [5, 5.41) is 3.17. The van der Waals surface area contributed by atoms with Crippen LogP contribution >= 0.6 is 0 Å². The molecule has 1 N–H and O–H groups in total. The number of nitrogens with one attached hydrogen (secondary N) is 1. The second-order valence-electron chi connectivity index (χ2n) is 9.45. The maximum atomic E-state index is 12.8. The van der Waals surface area contributed by atoms with Crippen LogP contribution in [0.25, 0.3) is 5.65 Å². The molecule has 2 aromatic heterocycles. The lowest BCUT2D eigenvalue weighted by Gasteiger charge is -2.22. The Morgan fingerprint density at radius 2 is 1.86 bits per heavy atom. The van der Waals surface area contributed by atoms with Gasteiger partial charge in [-0.2, -0.15) is 0 Å². The molecule has 0 bridgehead atoms. The van der Waals surface area contributed by atoms with E-state index < -0.39 is 0 Å². The lowest BCUT2D eigenvalue weighted by atomic mass is 9.84. The largest absolute Gasteiger partial charge is 0.310 e. The Balaban J connectivity index is 1.80. The van der Waals surface area contributed by atoms with E-state index in [1.165, 1.54) is 5.56 Å². The lowest BCUT2D eigenvalue weighted by molar-refractivity contribution is -0.117. The van der Waals surface area contributed by atoms with Crippen LogP contribution in [0.15, 0.2) is 48.7 Å². The third-order valence-electron chi connectivity index (χ3n) is 5.10. The Bertz CT molecular complexity index is 967. The summed E-state index contributed by atoms with van der Waals surface area (Å²) in [5.41, 5.74) is 4.48. The second-order valence-corrected chi connectivity index (χ2v) is 9.45. The fraction of sp³-hybridized carbons (Fsp3) is 0.440. The number of benzene rings is 1. The molecular formula is C25H33N3O. The summed E-state index contributed by atoms with van der Waals surface area (Å²) in [7, 11) is 0. The molecule has 1 atom stereocenters. The molecule has 1 amide bonds. The average molecular weight is 392 g/mol. The van der Waals surface area contributed by atoms with Gasteiger partial charge in [-0.1, -0.05) is 58.0 Å². The molecule has 0 spiro atoms. The molecule has 3 rings (SSSR count). The molecule has 29 heavy (non-hydrogen) atoms. The molecule has 0 radical (unpaired) electrons. The zero-order chi connectivity index (χ0) is 21.0. The Labute approximate surface area is 174 Å². The Morgan fingerprint density at radius 1 is 1.14 bits per heavy atom. The van der Waals surface area contributed by atoms with Gasteiger partial charge in [0.1, 0.15) is 11.5 Å². The van der Waals surface area contributed by atoms with E-state index in [2.05, 4.69) is 70.3 Å². The standard InChI is InChI=1S/C25H33N3O/c1-18-13-14-28-22(15-18)26-21(12-11-20-9-7-6-8-10-20)24(28)27-23(29)16-19(2)17-25(3,4)5/h6-10,13-15,19H,11-12,16-17H2,1-5H3,(H,27,29). The van der Waals surface area contributed by atoms with Gasteiger partial charge in [0.15, 0.2) is 0 Å². The summed E-state index contributed by atoms with van der Waals surface area (Å²) in [6.07, 6.45) is 5.23. The number of fused-ring (bicyclic) bond motifs is 1. The van der Waals surface area contributed by atoms with Crippen LogP contribution in [-0.4, -0.2) is 15.3 Å². The smallest absolute Gasteiger partial charge is 0.225 e. The fourth-order valence-corrected chi connectivity index (χ4v) is 4.03. The molecule has 0 aliphatic heterocycles. The molecule has 0 aliphatic rings. The molecule has 0 saturated carbocycles. The van der Waals surface area contributed by atoms with Crippen molar-refractivity contribution in [3.05, 3.63) is 65.5 Å². The van der Waals surface area contributed by atoms with E-state index in [-0.39, 0.29) is 11.3 Å². The monoisotopic (exact) mass is 391 g/mol. The summed E-state index contributed by atoms with van der Waals surface area (Å²) in [6.45, 7) is 10.9. The van der Waals surface area contributed by atoms with Gasteiger partial charge in [0.2, 0.25) is 5.91 Å². The summed E-state index contributed by atoms with van der Waals surface area (Å²) in [5.74, 6) is 1.21. The number of nitrogens with zero attached hydrogens (tertiary/aromatic N) is 2. The van der Waals surface area contributed by atoms with Crippen LogP contribution in [0.2, 0.25) is 0 Å². The molecule has 1 aromatic carbocycles. The van der Waals surface area contributed by atoms with Gasteiger partial charge < -0.3 is 5.32 Å². The van der Waals surface area contributed by atoms with Gasteiger partial charge in [0.25, 0.3) is 0 Å². The molecule has 4 heteroatoms. The minimum absolute atomic E-state index is 0.0603. The van der Waals surface area contributed by atoms with Crippen molar-refractivity contribution in [1.29, 1.82) is 0 Å². The van der Waals surface area contributed by atoms with Crippen LogP contribution < -0.4 is 5.32 Å². The molecular weight excluding hydrogens is 358 g/mol. The highest BCUT2D eigenvalue weighted by molar-refractivity contribution is 5.91. The number of aromatic nitrogens is 2. The molecule has 154 valence electrons. The van der Waals surface area contributed by atoms with E-state index >= 15 is 0 Å². The first-order valence-electron chi connectivity index (χ1n) is 10.5. The number of rotatable bonds is 7. The molecule has 0 saturated heterocycles. The first kappa shape index (κ1) is 21.1. The number of anilines is 1. The van der Waals surface area contributed by atoms with Gasteiger partial charge >= 0.3 is 0 Å². The molecule has 4 nitrogen and oxygen atoms in total. The van der Waals surface area contributed by atoms with Crippen molar-refractivity contribution < 1.29 is 4.79 Å². The van der Waals surface area contributed by atoms with E-state index in [0.29, 0.717) is 12.3 Å². The highest BCUT2D eigenvalue weighted by atomic mass is 16.1. The summed E-state index contributed by atoms with van der Waals surface area (Å²) in [6, 6.07) is 14.5. The highest BCUT2D eigenvalue weighted by Gasteiger charge is 2.20. The molecule has 0 aliphatic carbocycles. The van der Waals surface area contributed by atoms with E-state index in [4.69, 9.17) is 4.98 Å². The minimum Gasteiger partial charge on any atom is -0.310 e. The first-order valence-corrected chi connectivity index (χ1v) is 10.5. The molecule has 3 aromatic rings. The maximum Gasteiger partial charge on any atom is 0.225 e. The number of carbonyl (C=O) groups excluding carboxylic acids is 1. The van der Waals surface area contributed by atoms with Crippen molar-refractivity contribution in [3.63, 3.8) is 0 Å². The number of carbonyl (C=O) groups is 1. The molecule has 1 unspecified atom stereocenters. The van der Waals surface area contributed by atoms with E-state index in [9.17, 15) is 4.79 Å².